The van der Waals surface area contributed by atoms with Crippen LogP contribution >= 0.6 is 0 Å². The molecule has 0 aliphatic heterocycles. The SMILES string of the molecule is CCCCCCOc1ccc([C@H](C)N)cc1OC. The zero-order valence-corrected chi connectivity index (χ0v) is 11.7. The van der Waals surface area contributed by atoms with Gasteiger partial charge in [0.2, 0.25) is 0 Å². The minimum absolute atomic E-state index is 0.0116. The summed E-state index contributed by atoms with van der Waals surface area (Å²) in [5.41, 5.74) is 6.91. The van der Waals surface area contributed by atoms with E-state index in [1.165, 1.54) is 19.3 Å². The summed E-state index contributed by atoms with van der Waals surface area (Å²) in [5.74, 6) is 1.57. The number of benzene rings is 1. The summed E-state index contributed by atoms with van der Waals surface area (Å²) in [6.45, 7) is 4.91. The number of hydrogen-bond donors (Lipinski definition) is 1. The van der Waals surface area contributed by atoms with Crippen molar-refractivity contribution in [1.82, 2.24) is 0 Å². The zero-order valence-electron chi connectivity index (χ0n) is 11.7. The molecular formula is C15H25NO2. The Bertz CT molecular complexity index is 350. The maximum Gasteiger partial charge on any atom is 0.161 e. The lowest BCUT2D eigenvalue weighted by molar-refractivity contribution is 0.285. The quantitative estimate of drug-likeness (QED) is 0.717. The highest BCUT2D eigenvalue weighted by Crippen LogP contribution is 2.29. The van der Waals surface area contributed by atoms with Crippen LogP contribution in [0.5, 0.6) is 11.5 Å². The molecule has 1 aromatic carbocycles. The fraction of sp³-hybridized carbons (Fsp3) is 0.600. The molecule has 0 saturated carbocycles. The topological polar surface area (TPSA) is 44.5 Å². The Morgan fingerprint density at radius 3 is 2.56 bits per heavy atom. The van der Waals surface area contributed by atoms with Crippen molar-refractivity contribution < 1.29 is 9.47 Å². The number of hydrogen-bond acceptors (Lipinski definition) is 3. The highest BCUT2D eigenvalue weighted by atomic mass is 16.5. The molecular weight excluding hydrogens is 226 g/mol. The average Bonchev–Trinajstić information content (AvgIpc) is 2.38. The van der Waals surface area contributed by atoms with Gasteiger partial charge in [-0.25, -0.2) is 0 Å². The van der Waals surface area contributed by atoms with Crippen molar-refractivity contribution in [3.63, 3.8) is 0 Å². The van der Waals surface area contributed by atoms with Gasteiger partial charge in [0.15, 0.2) is 11.5 Å². The van der Waals surface area contributed by atoms with Gasteiger partial charge in [-0.3, -0.25) is 0 Å². The van der Waals surface area contributed by atoms with Crippen LogP contribution in [-0.2, 0) is 0 Å². The Morgan fingerprint density at radius 2 is 1.94 bits per heavy atom. The van der Waals surface area contributed by atoms with E-state index in [2.05, 4.69) is 6.92 Å². The molecule has 0 bridgehead atoms. The predicted octanol–water partition coefficient (Wildman–Crippen LogP) is 3.67. The third kappa shape index (κ3) is 4.57. The monoisotopic (exact) mass is 251 g/mol. The van der Waals surface area contributed by atoms with Gasteiger partial charge in [-0.05, 0) is 31.0 Å². The molecule has 0 fully saturated rings. The van der Waals surface area contributed by atoms with Crippen LogP contribution in [0.25, 0.3) is 0 Å². The molecule has 0 heterocycles. The van der Waals surface area contributed by atoms with Gasteiger partial charge in [-0.15, -0.1) is 0 Å². The van der Waals surface area contributed by atoms with Crippen molar-refractivity contribution in [2.24, 2.45) is 5.73 Å². The number of methoxy groups -OCH3 is 1. The first-order chi connectivity index (χ1) is 8.69. The summed E-state index contributed by atoms with van der Waals surface area (Å²) < 4.78 is 11.1. The molecule has 0 unspecified atom stereocenters. The number of rotatable bonds is 8. The molecule has 0 radical (unpaired) electrons. The minimum Gasteiger partial charge on any atom is -0.493 e. The molecule has 102 valence electrons. The fourth-order valence-corrected chi connectivity index (χ4v) is 1.80. The Morgan fingerprint density at radius 1 is 1.17 bits per heavy atom. The van der Waals surface area contributed by atoms with Crippen LogP contribution < -0.4 is 15.2 Å². The molecule has 1 atom stereocenters. The Balaban J connectivity index is 2.54. The summed E-state index contributed by atoms with van der Waals surface area (Å²) in [6.07, 6.45) is 4.82. The molecule has 18 heavy (non-hydrogen) atoms. The smallest absolute Gasteiger partial charge is 0.161 e. The normalized spacial score (nSPS) is 12.2. The van der Waals surface area contributed by atoms with E-state index in [1.807, 2.05) is 25.1 Å². The average molecular weight is 251 g/mol. The van der Waals surface area contributed by atoms with Gasteiger partial charge in [0, 0.05) is 6.04 Å². The maximum absolute atomic E-state index is 5.85. The van der Waals surface area contributed by atoms with Gasteiger partial charge < -0.3 is 15.2 Å². The molecule has 0 spiro atoms. The molecule has 0 aliphatic carbocycles. The highest BCUT2D eigenvalue weighted by Gasteiger charge is 2.07. The molecule has 0 aromatic heterocycles. The summed E-state index contributed by atoms with van der Waals surface area (Å²) in [4.78, 5) is 0. The van der Waals surface area contributed by atoms with E-state index in [0.717, 1.165) is 30.1 Å². The maximum atomic E-state index is 5.85. The van der Waals surface area contributed by atoms with E-state index in [1.54, 1.807) is 7.11 Å². The molecule has 0 aliphatic rings. The molecule has 2 N–H and O–H groups in total. The second-order valence-corrected chi connectivity index (χ2v) is 4.61. The number of ether oxygens (including phenoxy) is 2. The predicted molar refractivity (Wildman–Crippen MR) is 75.2 cm³/mol. The third-order valence-corrected chi connectivity index (χ3v) is 2.97. The first-order valence-corrected chi connectivity index (χ1v) is 6.75. The summed E-state index contributed by atoms with van der Waals surface area (Å²) in [5, 5.41) is 0. The van der Waals surface area contributed by atoms with E-state index in [0.29, 0.717) is 0 Å². The second kappa shape index (κ2) is 7.98. The van der Waals surface area contributed by atoms with Gasteiger partial charge in [-0.2, -0.15) is 0 Å². The van der Waals surface area contributed by atoms with Crippen LogP contribution in [0.15, 0.2) is 18.2 Å². The molecule has 1 rings (SSSR count). The van der Waals surface area contributed by atoms with Crippen LogP contribution in [0.3, 0.4) is 0 Å². The van der Waals surface area contributed by atoms with Crippen molar-refractivity contribution in [3.05, 3.63) is 23.8 Å². The van der Waals surface area contributed by atoms with Crippen molar-refractivity contribution in [1.29, 1.82) is 0 Å². The Kier molecular flexibility index (Phi) is 6.58. The number of nitrogens with two attached hydrogens (primary N) is 1. The van der Waals surface area contributed by atoms with Crippen molar-refractivity contribution in [2.45, 2.75) is 45.6 Å². The van der Waals surface area contributed by atoms with Crippen LogP contribution in [-0.4, -0.2) is 13.7 Å². The molecule has 1 aromatic rings. The Labute approximate surface area is 110 Å². The van der Waals surface area contributed by atoms with Crippen molar-refractivity contribution in [3.8, 4) is 11.5 Å². The first kappa shape index (κ1) is 14.8. The van der Waals surface area contributed by atoms with Gasteiger partial charge >= 0.3 is 0 Å². The standard InChI is InChI=1S/C15H25NO2/c1-4-5-6-7-10-18-14-9-8-13(12(2)16)11-15(14)17-3/h8-9,11-12H,4-7,10,16H2,1-3H3/t12-/m0/s1. The van der Waals surface area contributed by atoms with Gasteiger partial charge in [0.25, 0.3) is 0 Å². The van der Waals surface area contributed by atoms with Crippen LogP contribution in [0.1, 0.15) is 51.1 Å². The second-order valence-electron chi connectivity index (χ2n) is 4.61. The zero-order chi connectivity index (χ0) is 13.4. The lowest BCUT2D eigenvalue weighted by Crippen LogP contribution is -2.06. The lowest BCUT2D eigenvalue weighted by atomic mass is 10.1. The van der Waals surface area contributed by atoms with E-state index in [-0.39, 0.29) is 6.04 Å². The van der Waals surface area contributed by atoms with E-state index >= 15 is 0 Å². The van der Waals surface area contributed by atoms with E-state index in [9.17, 15) is 0 Å². The first-order valence-electron chi connectivity index (χ1n) is 6.75. The molecule has 0 amide bonds. The summed E-state index contributed by atoms with van der Waals surface area (Å²) in [7, 11) is 1.66. The van der Waals surface area contributed by atoms with Crippen molar-refractivity contribution >= 4 is 0 Å². The fourth-order valence-electron chi connectivity index (χ4n) is 1.80. The van der Waals surface area contributed by atoms with Crippen LogP contribution in [0.4, 0.5) is 0 Å². The highest BCUT2D eigenvalue weighted by molar-refractivity contribution is 5.43. The van der Waals surface area contributed by atoms with Crippen LogP contribution in [0, 0.1) is 0 Å². The summed E-state index contributed by atoms with van der Waals surface area (Å²) >= 11 is 0. The van der Waals surface area contributed by atoms with Crippen LogP contribution in [0.2, 0.25) is 0 Å². The molecule has 3 nitrogen and oxygen atoms in total. The minimum atomic E-state index is 0.0116. The Hall–Kier alpha value is -1.22. The van der Waals surface area contributed by atoms with Gasteiger partial charge in [0.05, 0.1) is 13.7 Å². The van der Waals surface area contributed by atoms with E-state index in [4.69, 9.17) is 15.2 Å². The van der Waals surface area contributed by atoms with Gasteiger partial charge in [-0.1, -0.05) is 32.3 Å². The van der Waals surface area contributed by atoms with E-state index < -0.39 is 0 Å². The third-order valence-electron chi connectivity index (χ3n) is 2.97. The largest absolute Gasteiger partial charge is 0.493 e. The summed E-state index contributed by atoms with van der Waals surface area (Å²) in [6, 6.07) is 5.90. The molecule has 0 saturated heterocycles. The molecule has 3 heteroatoms. The van der Waals surface area contributed by atoms with Crippen molar-refractivity contribution in [2.75, 3.05) is 13.7 Å². The van der Waals surface area contributed by atoms with Gasteiger partial charge in [0.1, 0.15) is 0 Å². The number of unbranched alkanes of at least 4 members (excludes halogenated alkanes) is 3. The lowest BCUT2D eigenvalue weighted by Gasteiger charge is -2.13.